The quantitative estimate of drug-likeness (QED) is 0.323. The van der Waals surface area contributed by atoms with Gasteiger partial charge in [-0.3, -0.25) is 19.3 Å². The number of carbonyl (C=O) groups excluding carboxylic acids is 3. The van der Waals surface area contributed by atoms with Gasteiger partial charge in [0.1, 0.15) is 0 Å². The number of nitrogens with zero attached hydrogens (tertiary/aromatic N) is 1. The Labute approximate surface area is 208 Å². The van der Waals surface area contributed by atoms with Gasteiger partial charge >= 0.3 is 0 Å². The van der Waals surface area contributed by atoms with Crippen molar-refractivity contribution in [2.45, 2.75) is 95.1 Å². The van der Waals surface area contributed by atoms with Crippen LogP contribution in [0.15, 0.2) is 30.3 Å². The Bertz CT molecular complexity index is 887. The molecule has 1 aliphatic carbocycles. The van der Waals surface area contributed by atoms with Gasteiger partial charge in [0.05, 0.1) is 30.7 Å². The number of likely N-dealkylation sites (tertiary alicyclic amines) is 1. The number of β-amino-alcohol motifs (C(OH)–C–C–N with tert-alkyl or cyclic N) is 1. The van der Waals surface area contributed by atoms with Crippen molar-refractivity contribution in [1.29, 1.82) is 0 Å². The Morgan fingerprint density at radius 2 is 1.86 bits per heavy atom. The summed E-state index contributed by atoms with van der Waals surface area (Å²) in [7, 11) is 0. The lowest BCUT2D eigenvalue weighted by molar-refractivity contribution is -0.129. The predicted octanol–water partition coefficient (Wildman–Crippen LogP) is 0.435. The Hall–Kier alpha value is -2.49. The van der Waals surface area contributed by atoms with Crippen molar-refractivity contribution >= 4 is 17.7 Å². The van der Waals surface area contributed by atoms with Crippen molar-refractivity contribution in [1.82, 2.24) is 15.5 Å². The molecule has 6 atom stereocenters. The summed E-state index contributed by atoms with van der Waals surface area (Å²) in [6.45, 7) is 6.13. The van der Waals surface area contributed by atoms with E-state index in [1.165, 1.54) is 0 Å². The average Bonchev–Trinajstić information content (AvgIpc) is 3.35. The van der Waals surface area contributed by atoms with Gasteiger partial charge in [-0.15, -0.1) is 0 Å². The van der Waals surface area contributed by atoms with Gasteiger partial charge in [0.15, 0.2) is 0 Å². The van der Waals surface area contributed by atoms with Crippen LogP contribution in [0.4, 0.5) is 0 Å². The molecule has 3 amide bonds. The molecule has 1 saturated heterocycles. The van der Waals surface area contributed by atoms with Gasteiger partial charge in [-0.1, -0.05) is 36.8 Å². The van der Waals surface area contributed by atoms with Crippen LogP contribution in [0.3, 0.4) is 0 Å². The fourth-order valence-corrected chi connectivity index (χ4v) is 5.45. The fourth-order valence-electron chi connectivity index (χ4n) is 5.45. The number of nitrogens with two attached hydrogens (primary N) is 2. The van der Waals surface area contributed by atoms with Crippen LogP contribution < -0.4 is 22.1 Å². The van der Waals surface area contributed by atoms with Crippen molar-refractivity contribution in [2.75, 3.05) is 6.54 Å². The van der Waals surface area contributed by atoms with Gasteiger partial charge in [-0.2, -0.15) is 0 Å². The lowest BCUT2D eigenvalue weighted by atomic mass is 9.99. The number of carbonyl (C=O) groups is 3. The van der Waals surface area contributed by atoms with E-state index in [0.717, 1.165) is 31.2 Å². The summed E-state index contributed by atoms with van der Waals surface area (Å²) >= 11 is 0. The molecule has 35 heavy (non-hydrogen) atoms. The number of primary amides is 1. The van der Waals surface area contributed by atoms with Crippen LogP contribution in [-0.2, 0) is 20.8 Å². The molecule has 194 valence electrons. The molecule has 1 aromatic rings. The van der Waals surface area contributed by atoms with Crippen LogP contribution in [0, 0.1) is 5.92 Å². The highest BCUT2D eigenvalue weighted by molar-refractivity contribution is 5.87. The summed E-state index contributed by atoms with van der Waals surface area (Å²) in [6.07, 6.45) is 3.14. The molecule has 1 saturated carbocycles. The lowest BCUT2D eigenvalue weighted by Crippen LogP contribution is -2.57. The van der Waals surface area contributed by atoms with Gasteiger partial charge < -0.3 is 27.2 Å². The van der Waals surface area contributed by atoms with Crippen LogP contribution in [0.25, 0.3) is 0 Å². The summed E-state index contributed by atoms with van der Waals surface area (Å²) in [4.78, 5) is 39.2. The molecule has 2 fully saturated rings. The molecule has 0 unspecified atom stereocenters. The lowest BCUT2D eigenvalue weighted by Gasteiger charge is -2.35. The van der Waals surface area contributed by atoms with E-state index < -0.39 is 30.0 Å². The Morgan fingerprint density at radius 3 is 2.49 bits per heavy atom. The standard InChI is InChI=1S/C26H41N5O4/c1-26(2,3)30-25(35)21-13-17-10-7-11-20(17)31(21)15-22(32)19(12-16-8-5-4-6-9-16)29-24(34)18(27)14-23(28)33/h4-6,8-9,17-22,32H,7,10-15,27H2,1-3H3,(H2,28,33)(H,29,34)(H,30,35)/t17-,18-,19-,20-,21-,22+/m0/s1. The first-order chi connectivity index (χ1) is 16.4. The highest BCUT2D eigenvalue weighted by atomic mass is 16.3. The normalized spacial score (nSPS) is 24.9. The third-order valence-electron chi connectivity index (χ3n) is 7.02. The van der Waals surface area contributed by atoms with Gasteiger partial charge in [-0.05, 0) is 57.9 Å². The number of benzene rings is 1. The molecule has 9 heteroatoms. The second-order valence-electron chi connectivity index (χ2n) is 11.1. The molecule has 0 radical (unpaired) electrons. The van der Waals surface area contributed by atoms with Crippen molar-refractivity contribution in [3.63, 3.8) is 0 Å². The van der Waals surface area contributed by atoms with Crippen LogP contribution in [-0.4, -0.2) is 70.1 Å². The molecule has 0 spiro atoms. The van der Waals surface area contributed by atoms with Crippen molar-refractivity contribution in [2.24, 2.45) is 17.4 Å². The summed E-state index contributed by atoms with van der Waals surface area (Å²) in [5.41, 5.74) is 11.7. The maximum Gasteiger partial charge on any atom is 0.237 e. The molecule has 1 aromatic carbocycles. The van der Waals surface area contributed by atoms with Gasteiger partial charge in [0, 0.05) is 18.1 Å². The third kappa shape index (κ3) is 7.49. The highest BCUT2D eigenvalue weighted by Gasteiger charge is 2.47. The summed E-state index contributed by atoms with van der Waals surface area (Å²) in [5.74, 6) is -0.786. The zero-order valence-electron chi connectivity index (χ0n) is 21.1. The minimum absolute atomic E-state index is 0.0220. The van der Waals surface area contributed by atoms with Gasteiger partial charge in [-0.25, -0.2) is 0 Å². The summed E-state index contributed by atoms with van der Waals surface area (Å²) in [6, 6.07) is 7.75. The minimum atomic E-state index is -1.09. The molecule has 3 rings (SSSR count). The number of amides is 3. The van der Waals surface area contributed by atoms with Crippen LogP contribution in [0.1, 0.15) is 58.4 Å². The first kappa shape index (κ1) is 27.1. The molecule has 7 N–H and O–H groups in total. The number of aliphatic hydroxyl groups is 1. The first-order valence-corrected chi connectivity index (χ1v) is 12.6. The number of nitrogens with one attached hydrogen (secondary N) is 2. The van der Waals surface area contributed by atoms with Crippen LogP contribution in [0.2, 0.25) is 0 Å². The third-order valence-corrected chi connectivity index (χ3v) is 7.02. The molecule has 0 aromatic heterocycles. The SMILES string of the molecule is CC(C)(C)NC(=O)[C@@H]1C[C@@H]2CCC[C@@H]2N1C[C@@H](O)[C@H](Cc1ccccc1)NC(=O)[C@@H](N)CC(N)=O. The zero-order chi connectivity index (χ0) is 25.8. The first-order valence-electron chi connectivity index (χ1n) is 12.6. The molecular formula is C26H41N5O4. The van der Waals surface area contributed by atoms with E-state index in [1.54, 1.807) is 0 Å². The topological polar surface area (TPSA) is 151 Å². The number of fused-ring (bicyclic) bond motifs is 1. The van der Waals surface area contributed by atoms with E-state index in [2.05, 4.69) is 15.5 Å². The van der Waals surface area contributed by atoms with E-state index in [9.17, 15) is 19.5 Å². The molecule has 9 nitrogen and oxygen atoms in total. The Kier molecular flexibility index (Phi) is 8.90. The summed E-state index contributed by atoms with van der Waals surface area (Å²) < 4.78 is 0. The summed E-state index contributed by atoms with van der Waals surface area (Å²) in [5, 5.41) is 17.3. The van der Waals surface area contributed by atoms with Crippen LogP contribution >= 0.6 is 0 Å². The van der Waals surface area contributed by atoms with E-state index in [1.807, 2.05) is 51.1 Å². The smallest absolute Gasteiger partial charge is 0.237 e. The highest BCUT2D eigenvalue weighted by Crippen LogP contribution is 2.41. The van der Waals surface area contributed by atoms with Gasteiger partial charge in [0.25, 0.3) is 0 Å². The fraction of sp³-hybridized carbons (Fsp3) is 0.654. The maximum atomic E-state index is 13.2. The van der Waals surface area contributed by atoms with Crippen molar-refractivity contribution in [3.8, 4) is 0 Å². The predicted molar refractivity (Wildman–Crippen MR) is 134 cm³/mol. The Balaban J connectivity index is 1.77. The zero-order valence-corrected chi connectivity index (χ0v) is 21.1. The van der Waals surface area contributed by atoms with Crippen LogP contribution in [0.5, 0.6) is 0 Å². The van der Waals surface area contributed by atoms with Crippen molar-refractivity contribution in [3.05, 3.63) is 35.9 Å². The largest absolute Gasteiger partial charge is 0.390 e. The monoisotopic (exact) mass is 487 g/mol. The molecule has 1 heterocycles. The number of rotatable bonds is 10. The number of aliphatic hydroxyl groups excluding tert-OH is 1. The second-order valence-corrected chi connectivity index (χ2v) is 11.1. The number of hydrogen-bond acceptors (Lipinski definition) is 6. The van der Waals surface area contributed by atoms with Gasteiger partial charge in [0.2, 0.25) is 17.7 Å². The molecule has 0 bridgehead atoms. The molecule has 1 aliphatic heterocycles. The van der Waals surface area contributed by atoms with E-state index in [4.69, 9.17) is 11.5 Å². The second kappa shape index (κ2) is 11.5. The minimum Gasteiger partial charge on any atom is -0.390 e. The molecular weight excluding hydrogens is 446 g/mol. The van der Waals surface area contributed by atoms with E-state index in [-0.39, 0.29) is 36.5 Å². The van der Waals surface area contributed by atoms with Crippen molar-refractivity contribution < 1.29 is 19.5 Å². The maximum absolute atomic E-state index is 13.2. The van der Waals surface area contributed by atoms with E-state index >= 15 is 0 Å². The Morgan fingerprint density at radius 1 is 1.17 bits per heavy atom. The molecule has 2 aliphatic rings. The van der Waals surface area contributed by atoms with E-state index in [0.29, 0.717) is 12.3 Å². The number of hydrogen-bond donors (Lipinski definition) is 5. The average molecular weight is 488 g/mol.